The average Bonchev–Trinajstić information content (AvgIpc) is 3.65. The number of hydrogen-bond donors (Lipinski definition) is 0. The van der Waals surface area contributed by atoms with Crippen LogP contribution < -0.4 is 24.8 Å². The van der Waals surface area contributed by atoms with Crippen LogP contribution in [0.3, 0.4) is 0 Å². The van der Waals surface area contributed by atoms with Gasteiger partial charge in [0.05, 0.1) is 0 Å². The molecule has 0 amide bonds. The van der Waals surface area contributed by atoms with Gasteiger partial charge in [-0.15, -0.1) is 19.4 Å². The van der Waals surface area contributed by atoms with Gasteiger partial charge in [-0.25, -0.2) is 24.1 Å². The minimum absolute atomic E-state index is 0. The molecule has 4 aliphatic rings. The second-order valence-electron chi connectivity index (χ2n) is 16.1. The third-order valence-electron chi connectivity index (χ3n) is 10.9. The number of benzene rings is 4. The van der Waals surface area contributed by atoms with Crippen LogP contribution in [-0.4, -0.2) is 3.21 Å². The minimum atomic E-state index is 0. The van der Waals surface area contributed by atoms with Crippen LogP contribution in [0.2, 0.25) is 0 Å². The van der Waals surface area contributed by atoms with E-state index in [4.69, 9.17) is 0 Å². The van der Waals surface area contributed by atoms with E-state index in [0.717, 1.165) is 12.8 Å². The van der Waals surface area contributed by atoms with Gasteiger partial charge in [-0.1, -0.05) is 75.8 Å². The Balaban J connectivity index is 0.000000205. The van der Waals surface area contributed by atoms with Crippen LogP contribution in [-0.2, 0) is 41.5 Å². The molecule has 268 valence electrons. The molecule has 0 radical (unpaired) electrons. The number of aryl methyl sites for hydroxylation is 2. The molecule has 0 aromatic heterocycles. The summed E-state index contributed by atoms with van der Waals surface area (Å²) in [6.07, 6.45) is 16.7. The van der Waals surface area contributed by atoms with Crippen molar-refractivity contribution >= 4 is 14.4 Å². The summed E-state index contributed by atoms with van der Waals surface area (Å²) in [6.45, 7) is 22.4. The van der Waals surface area contributed by atoms with E-state index in [-0.39, 0.29) is 35.6 Å². The summed E-state index contributed by atoms with van der Waals surface area (Å²) in [4.78, 5) is 0. The molecular formula is C49H52Cl2Zr-2. The fourth-order valence-corrected chi connectivity index (χ4v) is 8.35. The first-order chi connectivity index (χ1) is 23.6. The van der Waals surface area contributed by atoms with E-state index in [1.54, 1.807) is 0 Å². The second kappa shape index (κ2) is 16.6. The van der Waals surface area contributed by atoms with Gasteiger partial charge in [-0.05, 0) is 70.2 Å². The summed E-state index contributed by atoms with van der Waals surface area (Å²) in [5, 5.41) is 0. The standard InChI is InChI=1S/C27H29.C15H14.C7H9.2ClH.Zr/c1-16-7-9-26(3,4)24-12-18-11-19-13-25-21(17(2)8-10-27(25,5)6)15-23(19)22(18)14-20(16)24;1-12-3-7-14(8-4-12)11-15-9-5-13(2)6-10-15;1-6-3-4-7(2)5-6;;;/h7-9,12-15H,10-11H2,1-6H3;3-10H,1-2H3;3,5,7H,1-2H3;2*1H;/q-1;;-1;;;+2/p-2. The van der Waals surface area contributed by atoms with Gasteiger partial charge in [0.25, 0.3) is 0 Å². The van der Waals surface area contributed by atoms with Gasteiger partial charge in [0.2, 0.25) is 0 Å². The normalized spacial score (nSPS) is 17.6. The van der Waals surface area contributed by atoms with Crippen LogP contribution in [0.4, 0.5) is 0 Å². The van der Waals surface area contributed by atoms with Crippen molar-refractivity contribution in [2.24, 2.45) is 5.92 Å². The summed E-state index contributed by atoms with van der Waals surface area (Å²) < 4.78 is 1.42. The minimum Gasteiger partial charge on any atom is -1.00 e. The Morgan fingerprint density at radius 3 is 1.65 bits per heavy atom. The predicted octanol–water partition coefficient (Wildman–Crippen LogP) is 6.61. The molecule has 52 heavy (non-hydrogen) atoms. The third kappa shape index (κ3) is 8.87. The smallest absolute Gasteiger partial charge is 1.00 e. The zero-order chi connectivity index (χ0) is 36.0. The summed E-state index contributed by atoms with van der Waals surface area (Å²) in [7, 11) is 0. The molecular weight excluding hydrogens is 751 g/mol. The van der Waals surface area contributed by atoms with E-state index in [1.165, 1.54) is 111 Å². The molecule has 8 rings (SSSR count). The Morgan fingerprint density at radius 1 is 0.692 bits per heavy atom. The maximum Gasteiger partial charge on any atom is -1.00 e. The summed E-state index contributed by atoms with van der Waals surface area (Å²) in [5.41, 5.74) is 21.6. The fraction of sp³-hybridized carbons (Fsp3) is 0.306. The van der Waals surface area contributed by atoms with E-state index in [0.29, 0.717) is 5.92 Å². The molecule has 0 saturated heterocycles. The predicted molar refractivity (Wildman–Crippen MR) is 213 cm³/mol. The van der Waals surface area contributed by atoms with Gasteiger partial charge in [0.1, 0.15) is 0 Å². The zero-order valence-electron chi connectivity index (χ0n) is 32.6. The van der Waals surface area contributed by atoms with Crippen LogP contribution in [0.5, 0.6) is 0 Å². The molecule has 4 aromatic carbocycles. The molecule has 0 aliphatic heterocycles. The monoisotopic (exact) mass is 800 g/mol. The van der Waals surface area contributed by atoms with E-state index >= 15 is 0 Å². The number of fused-ring (bicyclic) bond motifs is 5. The van der Waals surface area contributed by atoms with Crippen LogP contribution in [0.25, 0.3) is 22.3 Å². The quantitative estimate of drug-likeness (QED) is 0.177. The summed E-state index contributed by atoms with van der Waals surface area (Å²) in [5.74, 6) is 0.556. The molecule has 4 aromatic rings. The molecule has 0 saturated carbocycles. The van der Waals surface area contributed by atoms with Crippen molar-refractivity contribution < 1.29 is 49.0 Å². The number of allylic oxidation sites excluding steroid dienone is 8. The van der Waals surface area contributed by atoms with Crippen LogP contribution in [0, 0.1) is 32.3 Å². The molecule has 3 heteroatoms. The van der Waals surface area contributed by atoms with Crippen molar-refractivity contribution in [1.29, 1.82) is 0 Å². The van der Waals surface area contributed by atoms with Gasteiger partial charge < -0.3 is 24.8 Å². The van der Waals surface area contributed by atoms with E-state index < -0.39 is 0 Å². The largest absolute Gasteiger partial charge is 1.00 e. The second-order valence-corrected chi connectivity index (χ2v) is 17.3. The maximum atomic E-state index is 3.15. The van der Waals surface area contributed by atoms with Gasteiger partial charge in [0.15, 0.2) is 0 Å². The van der Waals surface area contributed by atoms with Crippen LogP contribution in [0.1, 0.15) is 117 Å². The molecule has 0 heterocycles. The molecule has 0 bridgehead atoms. The van der Waals surface area contributed by atoms with Crippen molar-refractivity contribution in [3.8, 4) is 11.1 Å². The van der Waals surface area contributed by atoms with E-state index in [2.05, 4.69) is 173 Å². The topological polar surface area (TPSA) is 0 Å². The Kier molecular flexibility index (Phi) is 13.3. The zero-order valence-corrected chi connectivity index (χ0v) is 36.5. The Hall–Kier alpha value is -2.96. The molecule has 0 nitrogen and oxygen atoms in total. The summed E-state index contributed by atoms with van der Waals surface area (Å²) >= 11 is 1.46. The van der Waals surface area contributed by atoms with Crippen molar-refractivity contribution in [1.82, 2.24) is 0 Å². The van der Waals surface area contributed by atoms with Crippen molar-refractivity contribution in [2.75, 3.05) is 0 Å². The third-order valence-corrected chi connectivity index (χ3v) is 12.3. The van der Waals surface area contributed by atoms with Gasteiger partial charge in [-0.3, -0.25) is 6.08 Å². The Labute approximate surface area is 341 Å². The van der Waals surface area contributed by atoms with Crippen LogP contribution in [0.15, 0.2) is 103 Å². The number of halogens is 2. The Morgan fingerprint density at radius 2 is 1.19 bits per heavy atom. The number of rotatable bonds is 2. The average molecular weight is 803 g/mol. The first-order valence-electron chi connectivity index (χ1n) is 18.2. The van der Waals surface area contributed by atoms with E-state index in [9.17, 15) is 0 Å². The van der Waals surface area contributed by atoms with Gasteiger partial charge in [-0.2, -0.15) is 11.6 Å². The maximum absolute atomic E-state index is 3.15. The molecule has 4 aliphatic carbocycles. The van der Waals surface area contributed by atoms with E-state index in [1.807, 2.05) is 6.08 Å². The molecule has 1 unspecified atom stereocenters. The molecule has 0 N–H and O–H groups in total. The SMILES string of the molecule is CC1=CC(C)[C-]=C1.CC1=C[CH-]C(C)(C)c2cc3c(cc21)-c1cc2c(cc1C3)C(C)(C)CC=C2C.Cc1ccc([C](=[Zr+2])c2ccc(C)cc2)cc1.[Cl-].[Cl-]. The van der Waals surface area contributed by atoms with Crippen molar-refractivity contribution in [3.63, 3.8) is 0 Å². The van der Waals surface area contributed by atoms with Gasteiger partial charge in [0, 0.05) is 0 Å². The summed E-state index contributed by atoms with van der Waals surface area (Å²) in [6, 6.07) is 27.5. The first-order valence-corrected chi connectivity index (χ1v) is 19.4. The Bertz CT molecular complexity index is 1950. The van der Waals surface area contributed by atoms with Crippen LogP contribution >= 0.6 is 0 Å². The van der Waals surface area contributed by atoms with Crippen molar-refractivity contribution in [3.05, 3.63) is 171 Å². The fourth-order valence-electron chi connectivity index (χ4n) is 7.54. The number of hydrogen-bond acceptors (Lipinski definition) is 0. The first kappa shape index (κ1) is 41.8. The van der Waals surface area contributed by atoms with Gasteiger partial charge >= 0.3 is 112 Å². The van der Waals surface area contributed by atoms with Crippen molar-refractivity contribution in [2.45, 2.75) is 92.9 Å². The molecule has 1 atom stereocenters. The molecule has 0 spiro atoms. The molecule has 0 fully saturated rings.